The van der Waals surface area contributed by atoms with Crippen molar-refractivity contribution in [3.63, 3.8) is 0 Å². The molecule has 0 aliphatic heterocycles. The van der Waals surface area contributed by atoms with Crippen molar-refractivity contribution >= 4 is 6.03 Å². The average Bonchev–Trinajstić information content (AvgIpc) is 3.16. The first-order valence-electron chi connectivity index (χ1n) is 9.55. The smallest absolute Gasteiger partial charge is 0.317 e. The molecular weight excluding hydrogens is 368 g/mol. The Balaban J connectivity index is 1.42. The topological polar surface area (TPSA) is 80.5 Å². The summed E-state index contributed by atoms with van der Waals surface area (Å²) in [6.45, 7) is 5.24. The van der Waals surface area contributed by atoms with E-state index in [1.165, 1.54) is 0 Å². The molecule has 3 aromatic rings. The predicted molar refractivity (Wildman–Crippen MR) is 110 cm³/mol. The van der Waals surface area contributed by atoms with E-state index in [0.29, 0.717) is 31.2 Å². The minimum absolute atomic E-state index is 0.143. The van der Waals surface area contributed by atoms with E-state index in [9.17, 15) is 4.79 Å². The highest BCUT2D eigenvalue weighted by Gasteiger charge is 2.12. The number of aromatic nitrogens is 2. The molecule has 0 atom stereocenters. The van der Waals surface area contributed by atoms with Gasteiger partial charge in [0, 0.05) is 26.6 Å². The van der Waals surface area contributed by atoms with Crippen LogP contribution in [0.4, 0.5) is 4.79 Å². The number of hydrogen-bond acceptors (Lipinski definition) is 5. The molecule has 1 aromatic heterocycles. The molecule has 0 bridgehead atoms. The van der Waals surface area contributed by atoms with Crippen LogP contribution in [-0.4, -0.2) is 34.7 Å². The molecule has 3 rings (SSSR count). The highest BCUT2D eigenvalue weighted by molar-refractivity contribution is 5.73. The zero-order chi connectivity index (χ0) is 20.6. The molecule has 152 valence electrons. The van der Waals surface area contributed by atoms with Crippen LogP contribution in [0.1, 0.15) is 28.4 Å². The molecule has 0 saturated carbocycles. The summed E-state index contributed by atoms with van der Waals surface area (Å²) in [5, 5.41) is 6.85. The number of nitrogens with one attached hydrogen (secondary N) is 1. The van der Waals surface area contributed by atoms with Crippen molar-refractivity contribution in [2.24, 2.45) is 0 Å². The van der Waals surface area contributed by atoms with Gasteiger partial charge < -0.3 is 19.5 Å². The van der Waals surface area contributed by atoms with E-state index in [0.717, 1.165) is 22.4 Å². The van der Waals surface area contributed by atoms with Crippen LogP contribution in [0.2, 0.25) is 0 Å². The molecule has 29 heavy (non-hydrogen) atoms. The number of nitrogens with zero attached hydrogens (tertiary/aromatic N) is 3. The van der Waals surface area contributed by atoms with Crippen LogP contribution < -0.4 is 10.1 Å². The van der Waals surface area contributed by atoms with Gasteiger partial charge in [0.15, 0.2) is 12.4 Å². The monoisotopic (exact) mass is 394 g/mol. The maximum Gasteiger partial charge on any atom is 0.317 e. The fourth-order valence-corrected chi connectivity index (χ4v) is 2.89. The van der Waals surface area contributed by atoms with Gasteiger partial charge in [0.2, 0.25) is 0 Å². The highest BCUT2D eigenvalue weighted by atomic mass is 16.5. The molecule has 0 fully saturated rings. The minimum Gasteiger partial charge on any atom is -0.484 e. The summed E-state index contributed by atoms with van der Waals surface area (Å²) in [6.07, 6.45) is 0.502. The highest BCUT2D eigenvalue weighted by Crippen LogP contribution is 2.17. The van der Waals surface area contributed by atoms with Crippen molar-refractivity contribution in [3.05, 3.63) is 76.9 Å². The van der Waals surface area contributed by atoms with E-state index >= 15 is 0 Å². The molecule has 0 unspecified atom stereocenters. The number of carbonyl (C=O) groups excluding carboxylic acids is 1. The zero-order valence-corrected chi connectivity index (χ0v) is 17.0. The summed E-state index contributed by atoms with van der Waals surface area (Å²) in [5.41, 5.74) is 3.33. The van der Waals surface area contributed by atoms with Gasteiger partial charge in [-0.15, -0.1) is 0 Å². The number of benzene rings is 2. The van der Waals surface area contributed by atoms with E-state index in [1.54, 1.807) is 11.9 Å². The quantitative estimate of drug-likeness (QED) is 0.631. The molecule has 1 N–H and O–H groups in total. The summed E-state index contributed by atoms with van der Waals surface area (Å²) >= 11 is 0. The Labute approximate surface area is 170 Å². The Kier molecular flexibility index (Phi) is 6.84. The Bertz CT molecular complexity index is 920. The number of aryl methyl sites for hydroxylation is 2. The fraction of sp³-hybridized carbons (Fsp3) is 0.318. The first-order chi connectivity index (χ1) is 14.0. The number of amides is 2. The van der Waals surface area contributed by atoms with Crippen molar-refractivity contribution in [1.29, 1.82) is 0 Å². The van der Waals surface area contributed by atoms with E-state index in [4.69, 9.17) is 9.26 Å². The number of urea groups is 1. The van der Waals surface area contributed by atoms with Crippen molar-refractivity contribution in [2.45, 2.75) is 33.4 Å². The molecule has 0 spiro atoms. The zero-order valence-electron chi connectivity index (χ0n) is 17.0. The second-order valence-electron chi connectivity index (χ2n) is 7.03. The number of ether oxygens (including phenoxy) is 1. The summed E-state index contributed by atoms with van der Waals surface area (Å²) in [4.78, 5) is 18.1. The number of carbonyl (C=O) groups is 1. The SMILES string of the molecule is Cc1cc(C)cc(OCc2nc(CCN(C)C(=O)NCc3ccccc3)no2)c1. The fourth-order valence-electron chi connectivity index (χ4n) is 2.89. The normalized spacial score (nSPS) is 10.6. The van der Waals surface area contributed by atoms with Crippen molar-refractivity contribution in [1.82, 2.24) is 20.4 Å². The lowest BCUT2D eigenvalue weighted by Crippen LogP contribution is -2.38. The van der Waals surface area contributed by atoms with Crippen LogP contribution in [0.25, 0.3) is 0 Å². The van der Waals surface area contributed by atoms with E-state index in [2.05, 4.69) is 21.5 Å². The number of likely N-dealkylation sites (N-methyl/N-ethyl adjacent to an activating group) is 1. The third-order valence-electron chi connectivity index (χ3n) is 4.37. The van der Waals surface area contributed by atoms with Gasteiger partial charge in [0.05, 0.1) is 0 Å². The number of hydrogen-bond donors (Lipinski definition) is 1. The lowest BCUT2D eigenvalue weighted by Gasteiger charge is -2.17. The van der Waals surface area contributed by atoms with Crippen LogP contribution in [0.15, 0.2) is 53.1 Å². The minimum atomic E-state index is -0.143. The molecule has 0 saturated heterocycles. The second kappa shape index (κ2) is 9.73. The van der Waals surface area contributed by atoms with Crippen LogP contribution in [0.5, 0.6) is 5.75 Å². The van der Waals surface area contributed by atoms with E-state index in [-0.39, 0.29) is 12.6 Å². The average molecular weight is 394 g/mol. The van der Waals surface area contributed by atoms with Gasteiger partial charge in [-0.25, -0.2) is 4.79 Å². The van der Waals surface area contributed by atoms with Gasteiger partial charge in [-0.05, 0) is 42.7 Å². The van der Waals surface area contributed by atoms with E-state index in [1.807, 2.05) is 56.3 Å². The second-order valence-corrected chi connectivity index (χ2v) is 7.03. The van der Waals surface area contributed by atoms with Crippen molar-refractivity contribution in [2.75, 3.05) is 13.6 Å². The lowest BCUT2D eigenvalue weighted by atomic mass is 10.1. The van der Waals surface area contributed by atoms with Crippen LogP contribution in [-0.2, 0) is 19.6 Å². The maximum absolute atomic E-state index is 12.2. The predicted octanol–water partition coefficient (Wildman–Crippen LogP) is 3.65. The summed E-state index contributed by atoms with van der Waals surface area (Å²) < 4.78 is 11.0. The van der Waals surface area contributed by atoms with Gasteiger partial charge in [-0.1, -0.05) is 41.6 Å². The summed E-state index contributed by atoms with van der Waals surface area (Å²) in [7, 11) is 1.74. The number of rotatable bonds is 8. The Morgan fingerprint density at radius 1 is 1.14 bits per heavy atom. The van der Waals surface area contributed by atoms with Gasteiger partial charge in [0.1, 0.15) is 5.75 Å². The molecule has 7 heteroatoms. The molecule has 2 aromatic carbocycles. The first-order valence-corrected chi connectivity index (χ1v) is 9.55. The van der Waals surface area contributed by atoms with Gasteiger partial charge in [-0.3, -0.25) is 0 Å². The largest absolute Gasteiger partial charge is 0.484 e. The molecule has 0 radical (unpaired) electrons. The molecule has 0 aliphatic carbocycles. The standard InChI is InChI=1S/C22H26N4O3/c1-16-11-17(2)13-19(12-16)28-15-21-24-20(25-29-21)9-10-26(3)22(27)23-14-18-7-5-4-6-8-18/h4-8,11-13H,9-10,14-15H2,1-3H3,(H,23,27). The molecular formula is C22H26N4O3. The third-order valence-corrected chi connectivity index (χ3v) is 4.37. The lowest BCUT2D eigenvalue weighted by molar-refractivity contribution is 0.208. The van der Waals surface area contributed by atoms with Crippen molar-refractivity contribution < 1.29 is 14.1 Å². The molecule has 2 amide bonds. The summed E-state index contributed by atoms with van der Waals surface area (Å²) in [5.74, 6) is 1.74. The van der Waals surface area contributed by atoms with Crippen LogP contribution in [0, 0.1) is 13.8 Å². The van der Waals surface area contributed by atoms with Crippen LogP contribution in [0.3, 0.4) is 0 Å². The Hall–Kier alpha value is -3.35. The third kappa shape index (κ3) is 6.34. The molecule has 7 nitrogen and oxygen atoms in total. The van der Waals surface area contributed by atoms with Gasteiger partial charge >= 0.3 is 6.03 Å². The summed E-state index contributed by atoms with van der Waals surface area (Å²) in [6, 6.07) is 15.7. The molecule has 1 heterocycles. The Morgan fingerprint density at radius 3 is 2.59 bits per heavy atom. The maximum atomic E-state index is 12.2. The van der Waals surface area contributed by atoms with Gasteiger partial charge in [0.25, 0.3) is 5.89 Å². The van der Waals surface area contributed by atoms with Gasteiger partial charge in [-0.2, -0.15) is 4.98 Å². The Morgan fingerprint density at radius 2 is 1.86 bits per heavy atom. The first kappa shape index (κ1) is 20.4. The van der Waals surface area contributed by atoms with Crippen LogP contribution >= 0.6 is 0 Å². The molecule has 0 aliphatic rings. The van der Waals surface area contributed by atoms with E-state index < -0.39 is 0 Å². The van der Waals surface area contributed by atoms with Crippen molar-refractivity contribution in [3.8, 4) is 5.75 Å².